The van der Waals surface area contributed by atoms with E-state index in [0.717, 1.165) is 40.1 Å². The van der Waals surface area contributed by atoms with E-state index < -0.39 is 0 Å². The zero-order valence-corrected chi connectivity index (χ0v) is 18.1. The molecule has 0 aliphatic carbocycles. The molecule has 154 valence electrons. The van der Waals surface area contributed by atoms with Crippen LogP contribution in [-0.4, -0.2) is 27.6 Å². The average molecular weight is 421 g/mol. The molecule has 7 heteroatoms. The first-order valence-corrected chi connectivity index (χ1v) is 10.8. The Balaban J connectivity index is 1.74. The molecule has 6 nitrogen and oxygen atoms in total. The first-order valence-electron chi connectivity index (χ1n) is 9.95. The average Bonchev–Trinajstić information content (AvgIpc) is 3.33. The Labute approximate surface area is 178 Å². The summed E-state index contributed by atoms with van der Waals surface area (Å²) in [5.41, 5.74) is 4.00. The molecule has 0 radical (unpaired) electrons. The lowest BCUT2D eigenvalue weighted by Crippen LogP contribution is -2.19. The minimum atomic E-state index is -0.112. The van der Waals surface area contributed by atoms with Crippen LogP contribution in [-0.2, 0) is 13.0 Å². The van der Waals surface area contributed by atoms with Crippen LogP contribution in [0, 0.1) is 0 Å². The first-order chi connectivity index (χ1) is 14.6. The van der Waals surface area contributed by atoms with Crippen LogP contribution in [0.2, 0.25) is 0 Å². The summed E-state index contributed by atoms with van der Waals surface area (Å²) >= 11 is 1.50. The van der Waals surface area contributed by atoms with Gasteiger partial charge in [0.25, 0.3) is 5.56 Å². The summed E-state index contributed by atoms with van der Waals surface area (Å²) in [6, 6.07) is 15.7. The summed E-state index contributed by atoms with van der Waals surface area (Å²) in [6.07, 6.45) is 1.69. The van der Waals surface area contributed by atoms with Gasteiger partial charge in [0.1, 0.15) is 5.75 Å². The second-order valence-corrected chi connectivity index (χ2v) is 8.04. The van der Waals surface area contributed by atoms with Crippen molar-refractivity contribution in [3.63, 3.8) is 0 Å². The molecule has 0 unspecified atom stereocenters. The van der Waals surface area contributed by atoms with E-state index in [0.29, 0.717) is 23.0 Å². The van der Waals surface area contributed by atoms with Gasteiger partial charge < -0.3 is 4.74 Å². The Morgan fingerprint density at radius 1 is 1.20 bits per heavy atom. The van der Waals surface area contributed by atoms with Crippen molar-refractivity contribution in [3.05, 3.63) is 75.7 Å². The third-order valence-electron chi connectivity index (χ3n) is 4.98. The van der Waals surface area contributed by atoms with Gasteiger partial charge in [-0.25, -0.2) is 4.98 Å². The van der Waals surface area contributed by atoms with E-state index in [4.69, 9.17) is 9.73 Å². The van der Waals surface area contributed by atoms with Crippen molar-refractivity contribution in [2.75, 3.05) is 7.11 Å². The number of fused-ring (bicyclic) bond motifs is 1. The maximum absolute atomic E-state index is 13.3. The lowest BCUT2D eigenvalue weighted by molar-refractivity contribution is 0.410. The number of nitrogens with zero attached hydrogens (tertiary/aromatic N) is 3. The van der Waals surface area contributed by atoms with Gasteiger partial charge in [-0.1, -0.05) is 55.0 Å². The highest BCUT2D eigenvalue weighted by Crippen LogP contribution is 2.24. The molecule has 0 saturated carbocycles. The van der Waals surface area contributed by atoms with E-state index in [-0.39, 0.29) is 5.56 Å². The molecule has 2 aromatic heterocycles. The summed E-state index contributed by atoms with van der Waals surface area (Å²) in [7, 11) is 1.65. The monoisotopic (exact) mass is 420 g/mol. The highest BCUT2D eigenvalue weighted by atomic mass is 32.1. The number of ether oxygens (including phenoxy) is 1. The molecule has 0 aliphatic rings. The van der Waals surface area contributed by atoms with Crippen LogP contribution < -0.4 is 10.3 Å². The number of hydrogen-bond donors (Lipinski definition) is 1. The number of rotatable bonds is 7. The number of hydrogen-bond acceptors (Lipinski definition) is 5. The van der Waals surface area contributed by atoms with Gasteiger partial charge in [0.05, 0.1) is 29.4 Å². The van der Waals surface area contributed by atoms with Crippen LogP contribution in [0.4, 0.5) is 0 Å². The number of methoxy groups -OCH3 is 1. The van der Waals surface area contributed by atoms with Gasteiger partial charge in [0.2, 0.25) is 5.13 Å². The van der Waals surface area contributed by atoms with E-state index in [2.05, 4.69) is 17.0 Å². The van der Waals surface area contributed by atoms with E-state index in [1.165, 1.54) is 11.3 Å². The summed E-state index contributed by atoms with van der Waals surface area (Å²) in [5, 5.41) is 3.92. The zero-order chi connectivity index (χ0) is 21.1. The normalized spacial score (nSPS) is 11.9. The van der Waals surface area contributed by atoms with Gasteiger partial charge in [-0.15, -0.1) is 0 Å². The third kappa shape index (κ3) is 3.80. The Hall–Kier alpha value is -3.19. The molecule has 0 spiro atoms. The topological polar surface area (TPSA) is 72.3 Å². The smallest absolute Gasteiger partial charge is 0.282 e. The molecule has 0 atom stereocenters. The minimum Gasteiger partial charge on any atom is -0.496 e. The molecular formula is C23H24N4O2S. The maximum atomic E-state index is 13.3. The molecule has 0 saturated heterocycles. The Bertz CT molecular complexity index is 1230. The largest absolute Gasteiger partial charge is 0.496 e. The van der Waals surface area contributed by atoms with Crippen molar-refractivity contribution in [2.24, 2.45) is 4.99 Å². The fraction of sp³-hybridized carbons (Fsp3) is 0.261. The van der Waals surface area contributed by atoms with E-state index in [1.54, 1.807) is 11.8 Å². The lowest BCUT2D eigenvalue weighted by Gasteiger charge is -2.06. The molecule has 2 heterocycles. The molecule has 0 aliphatic heterocycles. The summed E-state index contributed by atoms with van der Waals surface area (Å²) in [4.78, 5) is 22.7. The minimum absolute atomic E-state index is 0.112. The molecule has 0 amide bonds. The number of aryl methyl sites for hydroxylation is 1. The fourth-order valence-corrected chi connectivity index (χ4v) is 4.42. The highest BCUT2D eigenvalue weighted by Gasteiger charge is 2.19. The van der Waals surface area contributed by atoms with Gasteiger partial charge in [-0.3, -0.25) is 14.9 Å². The number of aromatic nitrogens is 3. The SMILES string of the molecule is CCCc1[nH]n(-c2nc3ccccc3s2)c(=O)c1C(C)=NCc1ccccc1OC. The molecular weight excluding hydrogens is 396 g/mol. The van der Waals surface area contributed by atoms with Crippen molar-refractivity contribution in [3.8, 4) is 10.9 Å². The Morgan fingerprint density at radius 2 is 1.97 bits per heavy atom. The van der Waals surface area contributed by atoms with Crippen LogP contribution in [0.1, 0.15) is 37.1 Å². The summed E-state index contributed by atoms with van der Waals surface area (Å²) in [5.74, 6) is 0.795. The predicted octanol–water partition coefficient (Wildman–Crippen LogP) is 4.75. The second-order valence-electron chi connectivity index (χ2n) is 7.03. The Morgan fingerprint density at radius 3 is 2.73 bits per heavy atom. The number of nitrogens with one attached hydrogen (secondary N) is 1. The van der Waals surface area contributed by atoms with Gasteiger partial charge >= 0.3 is 0 Å². The number of thiazole rings is 1. The molecule has 1 N–H and O–H groups in total. The van der Waals surface area contributed by atoms with Gasteiger partial charge in [0, 0.05) is 17.0 Å². The number of aromatic amines is 1. The summed E-state index contributed by atoms with van der Waals surface area (Å²) in [6.45, 7) is 4.44. The molecule has 30 heavy (non-hydrogen) atoms. The summed E-state index contributed by atoms with van der Waals surface area (Å²) < 4.78 is 8.01. The lowest BCUT2D eigenvalue weighted by atomic mass is 10.1. The number of aliphatic imine (C=N–C) groups is 1. The van der Waals surface area contributed by atoms with E-state index in [9.17, 15) is 4.79 Å². The van der Waals surface area contributed by atoms with Gasteiger partial charge in [-0.05, 0) is 31.5 Å². The quantitative estimate of drug-likeness (QED) is 0.439. The van der Waals surface area contributed by atoms with Crippen LogP contribution in [0.5, 0.6) is 5.75 Å². The van der Waals surface area contributed by atoms with E-state index >= 15 is 0 Å². The van der Waals surface area contributed by atoms with Crippen molar-refractivity contribution >= 4 is 27.3 Å². The second kappa shape index (κ2) is 8.67. The molecule has 4 rings (SSSR count). The van der Waals surface area contributed by atoms with Gasteiger partial charge in [-0.2, -0.15) is 4.68 Å². The van der Waals surface area contributed by atoms with Crippen molar-refractivity contribution in [2.45, 2.75) is 33.2 Å². The van der Waals surface area contributed by atoms with Gasteiger partial charge in [0.15, 0.2) is 0 Å². The first kappa shape index (κ1) is 20.1. The van der Waals surface area contributed by atoms with Crippen molar-refractivity contribution in [1.82, 2.24) is 14.8 Å². The number of para-hydroxylation sites is 2. The predicted molar refractivity (Wildman–Crippen MR) is 122 cm³/mol. The van der Waals surface area contributed by atoms with Crippen LogP contribution in [0.25, 0.3) is 15.3 Å². The van der Waals surface area contributed by atoms with Crippen LogP contribution in [0.15, 0.2) is 58.3 Å². The Kier molecular flexibility index (Phi) is 5.81. The molecule has 4 aromatic rings. The van der Waals surface area contributed by atoms with Crippen LogP contribution >= 0.6 is 11.3 Å². The third-order valence-corrected chi connectivity index (χ3v) is 6.00. The molecule has 0 fully saturated rings. The molecule has 2 aromatic carbocycles. The van der Waals surface area contributed by atoms with Crippen molar-refractivity contribution < 1.29 is 4.74 Å². The zero-order valence-electron chi connectivity index (χ0n) is 17.3. The van der Waals surface area contributed by atoms with Crippen LogP contribution in [0.3, 0.4) is 0 Å². The number of H-pyrrole nitrogens is 1. The van der Waals surface area contributed by atoms with E-state index in [1.807, 2.05) is 55.5 Å². The maximum Gasteiger partial charge on any atom is 0.282 e. The number of benzene rings is 2. The standard InChI is InChI=1S/C23H24N4O2S/c1-4-9-18-21(15(2)24-14-16-10-5-7-12-19(16)29-3)22(28)27(26-18)23-25-17-11-6-8-13-20(17)30-23/h5-8,10-13,26H,4,9,14H2,1-3H3. The van der Waals surface area contributed by atoms with Crippen molar-refractivity contribution in [1.29, 1.82) is 0 Å². The molecule has 0 bridgehead atoms. The fourth-order valence-electron chi connectivity index (χ4n) is 3.49. The highest BCUT2D eigenvalue weighted by molar-refractivity contribution is 7.20.